The average molecular weight is 362 g/mol. The van der Waals surface area contributed by atoms with Gasteiger partial charge in [0.1, 0.15) is 5.82 Å². The lowest BCUT2D eigenvalue weighted by Gasteiger charge is -2.33. The highest BCUT2D eigenvalue weighted by molar-refractivity contribution is 6.22. The number of carbonyl (C=O) groups is 3. The van der Waals surface area contributed by atoms with Gasteiger partial charge in [-0.15, -0.1) is 0 Å². The molecule has 0 saturated carbocycles. The maximum Gasteiger partial charge on any atom is 0.309 e. The van der Waals surface area contributed by atoms with E-state index in [1.165, 1.54) is 12.1 Å². The number of carbonyl (C=O) groups excluding carboxylic acids is 3. The Morgan fingerprint density at radius 3 is 2.58 bits per heavy atom. The van der Waals surface area contributed by atoms with Crippen molar-refractivity contribution < 1.29 is 23.5 Å². The van der Waals surface area contributed by atoms with Crippen LogP contribution in [0.1, 0.15) is 31.7 Å². The van der Waals surface area contributed by atoms with Gasteiger partial charge in [-0.2, -0.15) is 0 Å². The largest absolute Gasteiger partial charge is 0.466 e. The molecular weight excluding hydrogens is 339 g/mol. The Kier molecular flexibility index (Phi) is 5.36. The number of hydrogen-bond acceptors (Lipinski definition) is 5. The molecule has 2 amide bonds. The van der Waals surface area contributed by atoms with Crippen LogP contribution in [0.2, 0.25) is 0 Å². The van der Waals surface area contributed by atoms with Crippen molar-refractivity contribution in [1.29, 1.82) is 0 Å². The first-order valence-electron chi connectivity index (χ1n) is 8.96. The summed E-state index contributed by atoms with van der Waals surface area (Å²) < 4.78 is 19.3. The zero-order chi connectivity index (χ0) is 18.8. The highest BCUT2D eigenvalue weighted by atomic mass is 19.1. The number of hydrogen-bond donors (Lipinski definition) is 0. The molecule has 0 aromatic heterocycles. The number of piperidine rings is 1. The molecule has 7 heteroatoms. The predicted molar refractivity (Wildman–Crippen MR) is 93.0 cm³/mol. The van der Waals surface area contributed by atoms with Gasteiger partial charge in [0.2, 0.25) is 5.91 Å². The number of nitrogens with zero attached hydrogens (tertiary/aromatic N) is 2. The van der Waals surface area contributed by atoms with Crippen molar-refractivity contribution >= 4 is 23.5 Å². The molecule has 1 unspecified atom stereocenters. The van der Waals surface area contributed by atoms with Crippen LogP contribution in [0.5, 0.6) is 0 Å². The fraction of sp³-hybridized carbons (Fsp3) is 0.526. The number of likely N-dealkylation sites (tertiary alicyclic amines) is 1. The molecule has 0 aliphatic carbocycles. The minimum Gasteiger partial charge on any atom is -0.466 e. The van der Waals surface area contributed by atoms with Crippen molar-refractivity contribution in [2.45, 2.75) is 39.2 Å². The SMILES string of the molecule is CCOC(=O)C1CCN(C2CC(=O)N(c3ccc(C)cc3F)C2=O)CC1. The second-order valence-corrected chi connectivity index (χ2v) is 6.80. The maximum atomic E-state index is 14.2. The minimum absolute atomic E-state index is 0.00881. The molecule has 2 aliphatic rings. The van der Waals surface area contributed by atoms with Crippen molar-refractivity contribution in [3.8, 4) is 0 Å². The fourth-order valence-corrected chi connectivity index (χ4v) is 3.65. The van der Waals surface area contributed by atoms with Crippen molar-refractivity contribution in [2.75, 3.05) is 24.6 Å². The quantitative estimate of drug-likeness (QED) is 0.606. The molecule has 1 atom stereocenters. The molecule has 1 aromatic rings. The van der Waals surface area contributed by atoms with Gasteiger partial charge in [0.05, 0.1) is 30.7 Å². The Labute approximate surface area is 151 Å². The monoisotopic (exact) mass is 362 g/mol. The number of imide groups is 1. The number of halogens is 1. The molecule has 0 N–H and O–H groups in total. The molecule has 3 rings (SSSR count). The third kappa shape index (κ3) is 3.49. The van der Waals surface area contributed by atoms with E-state index in [-0.39, 0.29) is 24.0 Å². The second-order valence-electron chi connectivity index (χ2n) is 6.80. The van der Waals surface area contributed by atoms with Gasteiger partial charge in [-0.3, -0.25) is 19.3 Å². The van der Waals surface area contributed by atoms with E-state index in [2.05, 4.69) is 0 Å². The molecule has 1 aromatic carbocycles. The fourth-order valence-electron chi connectivity index (χ4n) is 3.65. The van der Waals surface area contributed by atoms with E-state index in [1.54, 1.807) is 19.9 Å². The first-order chi connectivity index (χ1) is 12.4. The van der Waals surface area contributed by atoms with Crippen molar-refractivity contribution in [3.63, 3.8) is 0 Å². The Bertz CT molecular complexity index is 728. The lowest BCUT2D eigenvalue weighted by atomic mass is 9.95. The molecule has 140 valence electrons. The molecule has 2 aliphatic heterocycles. The summed E-state index contributed by atoms with van der Waals surface area (Å²) in [6.07, 6.45) is 1.22. The van der Waals surface area contributed by atoms with Crippen molar-refractivity contribution in [1.82, 2.24) is 4.90 Å². The molecule has 0 bridgehead atoms. The van der Waals surface area contributed by atoms with Crippen LogP contribution >= 0.6 is 0 Å². The number of anilines is 1. The smallest absolute Gasteiger partial charge is 0.309 e. The number of benzene rings is 1. The lowest BCUT2D eigenvalue weighted by molar-refractivity contribution is -0.149. The van der Waals surface area contributed by atoms with Crippen LogP contribution in [-0.2, 0) is 19.1 Å². The van der Waals surface area contributed by atoms with E-state index in [4.69, 9.17) is 4.74 Å². The van der Waals surface area contributed by atoms with E-state index in [1.807, 2.05) is 4.90 Å². The first-order valence-corrected chi connectivity index (χ1v) is 8.96. The van der Waals surface area contributed by atoms with Crippen molar-refractivity contribution in [2.24, 2.45) is 5.92 Å². The van der Waals surface area contributed by atoms with Crippen LogP contribution in [0, 0.1) is 18.7 Å². The van der Waals surface area contributed by atoms with E-state index in [9.17, 15) is 18.8 Å². The van der Waals surface area contributed by atoms with Gasteiger partial charge in [0.15, 0.2) is 0 Å². The molecular formula is C19H23FN2O4. The van der Waals surface area contributed by atoms with Gasteiger partial charge < -0.3 is 4.74 Å². The lowest BCUT2D eigenvalue weighted by Crippen LogP contribution is -2.47. The summed E-state index contributed by atoms with van der Waals surface area (Å²) in [7, 11) is 0. The second kappa shape index (κ2) is 7.53. The topological polar surface area (TPSA) is 66.9 Å². The third-order valence-corrected chi connectivity index (χ3v) is 5.06. The third-order valence-electron chi connectivity index (χ3n) is 5.06. The Balaban J connectivity index is 1.69. The van der Waals surface area contributed by atoms with Gasteiger partial charge in [-0.1, -0.05) is 6.07 Å². The normalized spacial score (nSPS) is 22.1. The summed E-state index contributed by atoms with van der Waals surface area (Å²) in [6, 6.07) is 3.87. The number of amides is 2. The summed E-state index contributed by atoms with van der Waals surface area (Å²) in [5.74, 6) is -1.73. The maximum absolute atomic E-state index is 14.2. The van der Waals surface area contributed by atoms with Crippen molar-refractivity contribution in [3.05, 3.63) is 29.6 Å². The van der Waals surface area contributed by atoms with E-state index in [0.717, 1.165) is 10.5 Å². The predicted octanol–water partition coefficient (Wildman–Crippen LogP) is 2.04. The number of aryl methyl sites for hydroxylation is 1. The highest BCUT2D eigenvalue weighted by Gasteiger charge is 2.44. The standard InChI is InChI=1S/C19H23FN2O4/c1-3-26-19(25)13-6-8-21(9-7-13)16-11-17(23)22(18(16)24)15-5-4-12(2)10-14(15)20/h4-5,10,13,16H,3,6-9,11H2,1-2H3. The highest BCUT2D eigenvalue weighted by Crippen LogP contribution is 2.30. The van der Waals surface area contributed by atoms with Gasteiger partial charge in [-0.25, -0.2) is 9.29 Å². The summed E-state index contributed by atoms with van der Waals surface area (Å²) in [6.45, 7) is 4.95. The number of ether oxygens (including phenoxy) is 1. The van der Waals surface area contributed by atoms with Gasteiger partial charge >= 0.3 is 5.97 Å². The van der Waals surface area contributed by atoms with Crippen LogP contribution in [0.15, 0.2) is 18.2 Å². The van der Waals surface area contributed by atoms with E-state index in [0.29, 0.717) is 32.5 Å². The Morgan fingerprint density at radius 2 is 1.96 bits per heavy atom. The van der Waals surface area contributed by atoms with E-state index >= 15 is 0 Å². The molecule has 2 fully saturated rings. The van der Waals surface area contributed by atoms with Crippen LogP contribution in [0.3, 0.4) is 0 Å². The molecule has 2 heterocycles. The Morgan fingerprint density at radius 1 is 1.27 bits per heavy atom. The van der Waals surface area contributed by atoms with Crippen LogP contribution in [0.4, 0.5) is 10.1 Å². The molecule has 0 radical (unpaired) electrons. The zero-order valence-electron chi connectivity index (χ0n) is 15.0. The molecule has 6 nitrogen and oxygen atoms in total. The van der Waals surface area contributed by atoms with E-state index < -0.39 is 23.7 Å². The summed E-state index contributed by atoms with van der Waals surface area (Å²) in [5.41, 5.74) is 0.734. The molecule has 0 spiro atoms. The zero-order valence-corrected chi connectivity index (χ0v) is 15.0. The Hall–Kier alpha value is -2.28. The minimum atomic E-state index is -0.591. The van der Waals surface area contributed by atoms with Gasteiger partial charge in [0, 0.05) is 0 Å². The van der Waals surface area contributed by atoms with Crippen LogP contribution in [-0.4, -0.2) is 48.4 Å². The van der Waals surface area contributed by atoms with Gasteiger partial charge in [-0.05, 0) is 57.5 Å². The average Bonchev–Trinajstić information content (AvgIpc) is 2.90. The molecule has 2 saturated heterocycles. The summed E-state index contributed by atoms with van der Waals surface area (Å²) >= 11 is 0. The summed E-state index contributed by atoms with van der Waals surface area (Å²) in [4.78, 5) is 39.9. The number of rotatable bonds is 4. The summed E-state index contributed by atoms with van der Waals surface area (Å²) in [5, 5.41) is 0. The van der Waals surface area contributed by atoms with Crippen LogP contribution in [0.25, 0.3) is 0 Å². The van der Waals surface area contributed by atoms with Gasteiger partial charge in [0.25, 0.3) is 5.91 Å². The first kappa shape index (κ1) is 18.5. The molecule has 26 heavy (non-hydrogen) atoms. The van der Waals surface area contributed by atoms with Crippen LogP contribution < -0.4 is 4.90 Å². The number of esters is 1.